The van der Waals surface area contributed by atoms with Gasteiger partial charge in [-0.05, 0) is 12.8 Å². The Morgan fingerprint density at radius 1 is 1.20 bits per heavy atom. The number of ether oxygens (including phenoxy) is 4. The van der Waals surface area contributed by atoms with E-state index in [1.54, 1.807) is 7.11 Å². The average Bonchev–Trinajstić information content (AvgIpc) is 2.69. The third-order valence-electron chi connectivity index (χ3n) is 3.77. The normalized spacial score (nSPS) is 49.8. The third kappa shape index (κ3) is 1.51. The van der Waals surface area contributed by atoms with E-state index in [0.29, 0.717) is 0 Å². The van der Waals surface area contributed by atoms with Crippen LogP contribution in [0.1, 0.15) is 25.7 Å². The zero-order chi connectivity index (χ0) is 10.3. The molecule has 0 N–H and O–H groups in total. The van der Waals surface area contributed by atoms with E-state index in [0.717, 1.165) is 38.9 Å². The molecule has 0 aromatic rings. The van der Waals surface area contributed by atoms with Crippen molar-refractivity contribution in [1.82, 2.24) is 0 Å². The Morgan fingerprint density at radius 3 is 3.00 bits per heavy atom. The zero-order valence-corrected chi connectivity index (χ0v) is 9.11. The van der Waals surface area contributed by atoms with Gasteiger partial charge >= 0.3 is 0 Å². The van der Waals surface area contributed by atoms with E-state index in [2.05, 4.69) is 0 Å². The van der Waals surface area contributed by atoms with Crippen LogP contribution in [0.4, 0.5) is 0 Å². The van der Waals surface area contributed by atoms with Crippen LogP contribution >= 0.6 is 0 Å². The van der Waals surface area contributed by atoms with E-state index >= 15 is 0 Å². The summed E-state index contributed by atoms with van der Waals surface area (Å²) >= 11 is 0. The molecule has 3 aliphatic heterocycles. The van der Waals surface area contributed by atoms with Gasteiger partial charge in [0, 0.05) is 26.6 Å². The first kappa shape index (κ1) is 10.0. The fraction of sp³-hybridized carbons (Fsp3) is 1.00. The molecular formula is C11H18O4. The molecule has 86 valence electrons. The van der Waals surface area contributed by atoms with Gasteiger partial charge in [0.1, 0.15) is 6.10 Å². The van der Waals surface area contributed by atoms with Crippen molar-refractivity contribution in [3.63, 3.8) is 0 Å². The molecule has 4 heteroatoms. The average molecular weight is 214 g/mol. The van der Waals surface area contributed by atoms with Gasteiger partial charge in [0.25, 0.3) is 0 Å². The lowest BCUT2D eigenvalue weighted by Crippen LogP contribution is -2.56. The van der Waals surface area contributed by atoms with Crippen molar-refractivity contribution in [2.45, 2.75) is 49.8 Å². The van der Waals surface area contributed by atoms with Crippen LogP contribution < -0.4 is 0 Å². The summed E-state index contributed by atoms with van der Waals surface area (Å²) in [6, 6.07) is 0. The fourth-order valence-electron chi connectivity index (χ4n) is 2.94. The zero-order valence-electron chi connectivity index (χ0n) is 9.11. The van der Waals surface area contributed by atoms with E-state index in [9.17, 15) is 0 Å². The SMILES string of the molecule is CO[C@@]12C[C@@H]3OCCC[C@@H]3O[C@@H]1CCO2. The maximum absolute atomic E-state index is 6.03. The Kier molecular flexibility index (Phi) is 2.47. The van der Waals surface area contributed by atoms with Gasteiger partial charge in [-0.1, -0.05) is 0 Å². The highest BCUT2D eigenvalue weighted by Crippen LogP contribution is 2.42. The van der Waals surface area contributed by atoms with Crippen LogP contribution in [-0.4, -0.2) is 44.4 Å². The Balaban J connectivity index is 1.79. The predicted molar refractivity (Wildman–Crippen MR) is 52.6 cm³/mol. The van der Waals surface area contributed by atoms with Gasteiger partial charge in [-0.2, -0.15) is 0 Å². The summed E-state index contributed by atoms with van der Waals surface area (Å²) < 4.78 is 23.0. The van der Waals surface area contributed by atoms with Gasteiger partial charge in [0.05, 0.1) is 18.8 Å². The molecule has 0 aliphatic carbocycles. The predicted octanol–water partition coefficient (Wildman–Crippen LogP) is 1.09. The first-order chi connectivity index (χ1) is 7.34. The molecule has 3 aliphatic rings. The van der Waals surface area contributed by atoms with E-state index < -0.39 is 5.79 Å². The van der Waals surface area contributed by atoms with Crippen molar-refractivity contribution in [3.05, 3.63) is 0 Å². The summed E-state index contributed by atoms with van der Waals surface area (Å²) in [6.45, 7) is 1.58. The number of hydrogen-bond donors (Lipinski definition) is 0. The van der Waals surface area contributed by atoms with Crippen LogP contribution in [0.3, 0.4) is 0 Å². The first-order valence-corrected chi connectivity index (χ1v) is 5.80. The second-order valence-electron chi connectivity index (χ2n) is 4.57. The van der Waals surface area contributed by atoms with Gasteiger partial charge in [0.15, 0.2) is 5.79 Å². The Hall–Kier alpha value is -0.160. The Labute approximate surface area is 89.8 Å². The van der Waals surface area contributed by atoms with Gasteiger partial charge in [-0.25, -0.2) is 0 Å². The Bertz CT molecular complexity index is 245. The lowest BCUT2D eigenvalue weighted by atomic mass is 9.91. The molecule has 0 radical (unpaired) electrons. The van der Waals surface area contributed by atoms with Crippen molar-refractivity contribution < 1.29 is 18.9 Å². The van der Waals surface area contributed by atoms with E-state index in [-0.39, 0.29) is 18.3 Å². The summed E-state index contributed by atoms with van der Waals surface area (Å²) in [4.78, 5) is 0. The minimum atomic E-state index is -0.529. The summed E-state index contributed by atoms with van der Waals surface area (Å²) in [5.41, 5.74) is 0. The molecule has 0 saturated carbocycles. The number of hydrogen-bond acceptors (Lipinski definition) is 4. The standard InChI is InChI=1S/C11H18O4/c1-12-11-7-9-8(3-2-5-13-9)15-10(11)4-6-14-11/h8-10H,2-7H2,1H3/t8-,9-,10+,11+/m0/s1. The molecule has 0 spiro atoms. The molecule has 0 aromatic carbocycles. The highest BCUT2D eigenvalue weighted by atomic mass is 16.7. The molecule has 0 amide bonds. The van der Waals surface area contributed by atoms with Crippen LogP contribution in [0.25, 0.3) is 0 Å². The van der Waals surface area contributed by atoms with E-state index in [1.165, 1.54) is 0 Å². The lowest BCUT2D eigenvalue weighted by Gasteiger charge is -2.46. The number of methoxy groups -OCH3 is 1. The van der Waals surface area contributed by atoms with Crippen molar-refractivity contribution in [2.75, 3.05) is 20.3 Å². The molecule has 3 saturated heterocycles. The van der Waals surface area contributed by atoms with Crippen LogP contribution in [0.5, 0.6) is 0 Å². The number of rotatable bonds is 1. The Morgan fingerprint density at radius 2 is 2.13 bits per heavy atom. The minimum Gasteiger partial charge on any atom is -0.375 e. The number of fused-ring (bicyclic) bond motifs is 2. The van der Waals surface area contributed by atoms with E-state index in [1.807, 2.05) is 0 Å². The van der Waals surface area contributed by atoms with Crippen molar-refractivity contribution in [2.24, 2.45) is 0 Å². The molecule has 15 heavy (non-hydrogen) atoms. The van der Waals surface area contributed by atoms with Crippen LogP contribution in [0.15, 0.2) is 0 Å². The van der Waals surface area contributed by atoms with Crippen molar-refractivity contribution in [1.29, 1.82) is 0 Å². The summed E-state index contributed by atoms with van der Waals surface area (Å²) in [7, 11) is 1.70. The minimum absolute atomic E-state index is 0.102. The maximum Gasteiger partial charge on any atom is 0.197 e. The second kappa shape index (κ2) is 3.70. The molecule has 0 bridgehead atoms. The highest BCUT2D eigenvalue weighted by molar-refractivity contribution is 4.96. The van der Waals surface area contributed by atoms with Gasteiger partial charge in [0.2, 0.25) is 0 Å². The van der Waals surface area contributed by atoms with E-state index in [4.69, 9.17) is 18.9 Å². The van der Waals surface area contributed by atoms with Crippen molar-refractivity contribution >= 4 is 0 Å². The molecule has 0 unspecified atom stereocenters. The fourth-order valence-corrected chi connectivity index (χ4v) is 2.94. The second-order valence-corrected chi connectivity index (χ2v) is 4.57. The smallest absolute Gasteiger partial charge is 0.197 e. The van der Waals surface area contributed by atoms with Gasteiger partial charge in [-0.3, -0.25) is 0 Å². The van der Waals surface area contributed by atoms with Crippen LogP contribution in [0, 0.1) is 0 Å². The molecular weight excluding hydrogens is 196 g/mol. The quantitative estimate of drug-likeness (QED) is 0.654. The third-order valence-corrected chi connectivity index (χ3v) is 3.77. The van der Waals surface area contributed by atoms with Gasteiger partial charge < -0.3 is 18.9 Å². The summed E-state index contributed by atoms with van der Waals surface area (Å²) in [5.74, 6) is -0.529. The molecule has 4 nitrogen and oxygen atoms in total. The monoisotopic (exact) mass is 214 g/mol. The molecule has 3 fully saturated rings. The van der Waals surface area contributed by atoms with Crippen LogP contribution in [0.2, 0.25) is 0 Å². The molecule has 3 heterocycles. The first-order valence-electron chi connectivity index (χ1n) is 5.80. The van der Waals surface area contributed by atoms with Crippen molar-refractivity contribution in [3.8, 4) is 0 Å². The van der Waals surface area contributed by atoms with Gasteiger partial charge in [-0.15, -0.1) is 0 Å². The topological polar surface area (TPSA) is 36.9 Å². The molecule has 0 aromatic heterocycles. The largest absolute Gasteiger partial charge is 0.375 e. The molecule has 4 atom stereocenters. The highest BCUT2D eigenvalue weighted by Gasteiger charge is 2.54. The van der Waals surface area contributed by atoms with Crippen LogP contribution in [-0.2, 0) is 18.9 Å². The lowest BCUT2D eigenvalue weighted by molar-refractivity contribution is -0.309. The summed E-state index contributed by atoms with van der Waals surface area (Å²) in [5, 5.41) is 0. The summed E-state index contributed by atoms with van der Waals surface area (Å²) in [6.07, 6.45) is 4.50. The molecule has 3 rings (SSSR count). The maximum atomic E-state index is 6.03.